The van der Waals surface area contributed by atoms with Gasteiger partial charge in [0.2, 0.25) is 5.91 Å². The summed E-state index contributed by atoms with van der Waals surface area (Å²) in [5, 5.41) is 5.70. The van der Waals surface area contributed by atoms with Crippen LogP contribution in [0.4, 0.5) is 10.1 Å². The Morgan fingerprint density at radius 1 is 1.19 bits per heavy atom. The summed E-state index contributed by atoms with van der Waals surface area (Å²) >= 11 is 0. The molecular formula is C23H26FN3O4. The zero-order valence-electron chi connectivity index (χ0n) is 17.4. The quantitative estimate of drug-likeness (QED) is 0.633. The third kappa shape index (κ3) is 6.36. The van der Waals surface area contributed by atoms with Gasteiger partial charge in [0, 0.05) is 36.3 Å². The molecule has 1 aliphatic rings. The van der Waals surface area contributed by atoms with Crippen molar-refractivity contribution in [3.63, 3.8) is 0 Å². The van der Waals surface area contributed by atoms with Gasteiger partial charge in [0.05, 0.1) is 18.8 Å². The van der Waals surface area contributed by atoms with Gasteiger partial charge in [0.25, 0.3) is 5.91 Å². The highest BCUT2D eigenvalue weighted by molar-refractivity contribution is 5.97. The van der Waals surface area contributed by atoms with Gasteiger partial charge in [-0.2, -0.15) is 0 Å². The molecular weight excluding hydrogens is 401 g/mol. The van der Waals surface area contributed by atoms with Gasteiger partial charge in [-0.05, 0) is 50.1 Å². The van der Waals surface area contributed by atoms with Crippen molar-refractivity contribution in [1.29, 1.82) is 0 Å². The molecule has 3 rings (SSSR count). The minimum Gasteiger partial charge on any atom is -0.494 e. The number of rotatable bonds is 8. The smallest absolute Gasteiger partial charge is 0.251 e. The van der Waals surface area contributed by atoms with Crippen molar-refractivity contribution in [3.05, 3.63) is 59.4 Å². The normalized spacial score (nSPS) is 14.6. The number of hydrogen-bond acceptors (Lipinski definition) is 5. The molecule has 8 heteroatoms. The maximum Gasteiger partial charge on any atom is 0.251 e. The molecule has 2 aromatic rings. The summed E-state index contributed by atoms with van der Waals surface area (Å²) < 4.78 is 18.7. The van der Waals surface area contributed by atoms with E-state index in [2.05, 4.69) is 10.6 Å². The standard InChI is InChI=1S/C23H26FN3O4/c1-2-31-20-7-6-17(15-28)21(13-20)26-22(29)14-27-10-8-19(9-11-27)25-23(30)16-4-3-5-18(24)12-16/h3-7,12-13,15,19H,2,8-11,14H2,1H3,(H,25,30)(H,26,29). The average molecular weight is 427 g/mol. The van der Waals surface area contributed by atoms with E-state index < -0.39 is 5.82 Å². The van der Waals surface area contributed by atoms with Gasteiger partial charge in [-0.25, -0.2) is 4.39 Å². The van der Waals surface area contributed by atoms with Crippen LogP contribution in [0.3, 0.4) is 0 Å². The number of carbonyl (C=O) groups excluding carboxylic acids is 3. The van der Waals surface area contributed by atoms with Crippen LogP contribution >= 0.6 is 0 Å². The molecule has 1 aliphatic heterocycles. The Bertz CT molecular complexity index is 942. The van der Waals surface area contributed by atoms with Gasteiger partial charge in [0.1, 0.15) is 11.6 Å². The summed E-state index contributed by atoms with van der Waals surface area (Å²) in [6.45, 7) is 3.80. The number of amides is 2. The van der Waals surface area contributed by atoms with E-state index in [9.17, 15) is 18.8 Å². The monoisotopic (exact) mass is 427 g/mol. The van der Waals surface area contributed by atoms with E-state index in [1.54, 1.807) is 24.3 Å². The fraction of sp³-hybridized carbons (Fsp3) is 0.348. The summed E-state index contributed by atoms with van der Waals surface area (Å²) in [4.78, 5) is 38.0. The Balaban J connectivity index is 1.48. The van der Waals surface area contributed by atoms with E-state index in [0.29, 0.717) is 61.4 Å². The predicted octanol–water partition coefficient (Wildman–Crippen LogP) is 2.87. The predicted molar refractivity (Wildman–Crippen MR) is 115 cm³/mol. The molecule has 2 N–H and O–H groups in total. The molecule has 1 fully saturated rings. The molecule has 0 unspecified atom stereocenters. The van der Waals surface area contributed by atoms with Crippen LogP contribution in [0.1, 0.15) is 40.5 Å². The Labute approximate surface area is 180 Å². The molecule has 2 amide bonds. The van der Waals surface area contributed by atoms with Crippen molar-refractivity contribution < 1.29 is 23.5 Å². The number of nitrogens with zero attached hydrogens (tertiary/aromatic N) is 1. The largest absolute Gasteiger partial charge is 0.494 e. The Morgan fingerprint density at radius 3 is 2.65 bits per heavy atom. The lowest BCUT2D eigenvalue weighted by Gasteiger charge is -2.31. The number of piperidine rings is 1. The van der Waals surface area contributed by atoms with E-state index in [1.807, 2.05) is 11.8 Å². The number of ether oxygens (including phenoxy) is 1. The first-order valence-electron chi connectivity index (χ1n) is 10.3. The molecule has 0 spiro atoms. The third-order valence-corrected chi connectivity index (χ3v) is 5.11. The molecule has 2 aromatic carbocycles. The van der Waals surface area contributed by atoms with Crippen LogP contribution < -0.4 is 15.4 Å². The Hall–Kier alpha value is -3.26. The van der Waals surface area contributed by atoms with Crippen molar-refractivity contribution >= 4 is 23.8 Å². The molecule has 164 valence electrons. The molecule has 31 heavy (non-hydrogen) atoms. The SMILES string of the molecule is CCOc1ccc(C=O)c(NC(=O)CN2CCC(NC(=O)c3cccc(F)c3)CC2)c1. The van der Waals surface area contributed by atoms with E-state index in [-0.39, 0.29) is 24.4 Å². The first-order valence-corrected chi connectivity index (χ1v) is 10.3. The fourth-order valence-electron chi connectivity index (χ4n) is 3.53. The molecule has 7 nitrogen and oxygen atoms in total. The van der Waals surface area contributed by atoms with Gasteiger partial charge in [-0.1, -0.05) is 6.07 Å². The van der Waals surface area contributed by atoms with Crippen LogP contribution in [0.5, 0.6) is 5.75 Å². The van der Waals surface area contributed by atoms with Gasteiger partial charge < -0.3 is 15.4 Å². The first-order chi connectivity index (χ1) is 15.0. The third-order valence-electron chi connectivity index (χ3n) is 5.11. The zero-order valence-corrected chi connectivity index (χ0v) is 17.4. The van der Waals surface area contributed by atoms with Crippen molar-refractivity contribution in [3.8, 4) is 5.75 Å². The maximum absolute atomic E-state index is 13.3. The minimum atomic E-state index is -0.446. The molecule has 0 bridgehead atoms. The molecule has 0 saturated carbocycles. The lowest BCUT2D eigenvalue weighted by Crippen LogP contribution is -2.46. The van der Waals surface area contributed by atoms with Gasteiger partial charge in [0.15, 0.2) is 6.29 Å². The average Bonchev–Trinajstić information content (AvgIpc) is 2.75. The topological polar surface area (TPSA) is 87.7 Å². The fourth-order valence-corrected chi connectivity index (χ4v) is 3.53. The number of halogens is 1. The summed E-state index contributed by atoms with van der Waals surface area (Å²) in [6, 6.07) is 10.5. The van der Waals surface area contributed by atoms with Crippen molar-refractivity contribution in [2.45, 2.75) is 25.8 Å². The van der Waals surface area contributed by atoms with Crippen molar-refractivity contribution in [2.75, 3.05) is 31.6 Å². The van der Waals surface area contributed by atoms with E-state index in [0.717, 1.165) is 0 Å². The number of nitrogens with one attached hydrogen (secondary N) is 2. The second kappa shape index (κ2) is 10.7. The van der Waals surface area contributed by atoms with Crippen LogP contribution in [0, 0.1) is 5.82 Å². The molecule has 1 saturated heterocycles. The highest BCUT2D eigenvalue weighted by Crippen LogP contribution is 2.22. The van der Waals surface area contributed by atoms with E-state index in [4.69, 9.17) is 4.74 Å². The lowest BCUT2D eigenvalue weighted by molar-refractivity contribution is -0.117. The summed E-state index contributed by atoms with van der Waals surface area (Å²) in [7, 11) is 0. The molecule has 0 radical (unpaired) electrons. The number of anilines is 1. The van der Waals surface area contributed by atoms with Crippen LogP contribution in [0.2, 0.25) is 0 Å². The summed E-state index contributed by atoms with van der Waals surface area (Å²) in [6.07, 6.45) is 2.07. The molecule has 0 aromatic heterocycles. The molecule has 1 heterocycles. The first kappa shape index (κ1) is 22.4. The van der Waals surface area contributed by atoms with Crippen LogP contribution in [0.15, 0.2) is 42.5 Å². The Kier molecular flexibility index (Phi) is 7.72. The number of carbonyl (C=O) groups is 3. The van der Waals surface area contributed by atoms with Crippen LogP contribution in [0.25, 0.3) is 0 Å². The highest BCUT2D eigenvalue weighted by Gasteiger charge is 2.23. The molecule has 0 aliphatic carbocycles. The number of hydrogen-bond donors (Lipinski definition) is 2. The summed E-state index contributed by atoms with van der Waals surface area (Å²) in [5.74, 6) is -0.387. The Morgan fingerprint density at radius 2 is 1.97 bits per heavy atom. The number of aldehydes is 1. The maximum atomic E-state index is 13.3. The summed E-state index contributed by atoms with van der Waals surface area (Å²) in [5.41, 5.74) is 1.10. The van der Waals surface area contributed by atoms with Crippen molar-refractivity contribution in [1.82, 2.24) is 10.2 Å². The second-order valence-corrected chi connectivity index (χ2v) is 7.38. The number of benzene rings is 2. The zero-order chi connectivity index (χ0) is 22.2. The van der Waals surface area contributed by atoms with Crippen molar-refractivity contribution in [2.24, 2.45) is 0 Å². The van der Waals surface area contributed by atoms with Crippen LogP contribution in [-0.4, -0.2) is 55.3 Å². The highest BCUT2D eigenvalue weighted by atomic mass is 19.1. The van der Waals surface area contributed by atoms with Gasteiger partial charge >= 0.3 is 0 Å². The van der Waals surface area contributed by atoms with Gasteiger partial charge in [-0.3, -0.25) is 19.3 Å². The molecule has 0 atom stereocenters. The second-order valence-electron chi connectivity index (χ2n) is 7.38. The van der Waals surface area contributed by atoms with Crippen LogP contribution in [-0.2, 0) is 4.79 Å². The van der Waals surface area contributed by atoms with E-state index in [1.165, 1.54) is 18.2 Å². The lowest BCUT2D eigenvalue weighted by atomic mass is 10.0. The van der Waals surface area contributed by atoms with Gasteiger partial charge in [-0.15, -0.1) is 0 Å². The van der Waals surface area contributed by atoms with E-state index >= 15 is 0 Å². The minimum absolute atomic E-state index is 0.0281. The number of likely N-dealkylation sites (tertiary alicyclic amines) is 1.